The molecule has 0 aromatic heterocycles. The van der Waals surface area contributed by atoms with E-state index in [9.17, 15) is 0 Å². The van der Waals surface area contributed by atoms with Crippen molar-refractivity contribution in [2.75, 3.05) is 0 Å². The molecule has 34 valence electrons. The summed E-state index contributed by atoms with van der Waals surface area (Å²) < 4.78 is 0. The Balaban J connectivity index is -0.0000000450. The van der Waals surface area contributed by atoms with Crippen molar-refractivity contribution in [3.05, 3.63) is 0 Å². The second-order valence-electron chi connectivity index (χ2n) is 0.283. The fraction of sp³-hybridized carbons (Fsp3) is 0. The van der Waals surface area contributed by atoms with Gasteiger partial charge in [0.1, 0.15) is 0 Å². The Kier molecular flexibility index (Phi) is 24.4. The fourth-order valence-corrected chi connectivity index (χ4v) is 0. The predicted molar refractivity (Wildman–Crippen MR) is 17.8 cm³/mol. The molecule has 0 atom stereocenters. The van der Waals surface area contributed by atoms with E-state index in [-0.39, 0.29) is 46.6 Å². The molecule has 0 aliphatic carbocycles. The van der Waals surface area contributed by atoms with Gasteiger partial charge in [-0.15, -0.1) is 0 Å². The van der Waals surface area contributed by atoms with Gasteiger partial charge in [-0.3, -0.25) is 0 Å². The van der Waals surface area contributed by atoms with Crippen molar-refractivity contribution in [1.82, 2.24) is 0 Å². The van der Waals surface area contributed by atoms with Gasteiger partial charge in [-0.05, 0) is 0 Å². The van der Waals surface area contributed by atoms with Crippen LogP contribution in [0.15, 0.2) is 0 Å². The summed E-state index contributed by atoms with van der Waals surface area (Å²) in [6, 6.07) is 0. The van der Waals surface area contributed by atoms with E-state index in [1.807, 2.05) is 0 Å². The molecule has 0 aliphatic rings. The molecule has 0 heterocycles. The summed E-state index contributed by atoms with van der Waals surface area (Å²) in [5, 5.41) is 13.9. The fourth-order valence-electron chi connectivity index (χ4n) is 0. The van der Waals surface area contributed by atoms with Crippen molar-refractivity contribution in [1.29, 1.82) is 0 Å². The molecule has 0 saturated carbocycles. The summed E-state index contributed by atoms with van der Waals surface area (Å²) in [6.45, 7) is 0. The molecule has 0 fully saturated rings. The zero-order valence-electron chi connectivity index (χ0n) is 2.16. The maximum atomic E-state index is 8.56. The first kappa shape index (κ1) is 15.8. The Bertz CT molecular complexity index is 33.8. The molecule has 0 bridgehead atoms. The van der Waals surface area contributed by atoms with Crippen LogP contribution < -0.4 is 0 Å². The third kappa shape index (κ3) is 110. The van der Waals surface area contributed by atoms with Crippen LogP contribution in [0, 0.1) is 0 Å². The Morgan fingerprint density at radius 1 is 1.33 bits per heavy atom. The minimum atomic E-state index is -1.83. The second kappa shape index (κ2) is 9.25. The number of carbonyl (C=O) groups is 1. The molecule has 0 spiro atoms. The Labute approximate surface area is 67.5 Å². The molecule has 5 heteroatoms. The van der Waals surface area contributed by atoms with Crippen LogP contribution in [0.2, 0.25) is 0 Å². The van der Waals surface area contributed by atoms with Crippen LogP contribution in [0.1, 0.15) is 0 Å². The Hall–Kier alpha value is 0.789. The van der Waals surface area contributed by atoms with Crippen LogP contribution in [0.3, 0.4) is 0 Å². The number of hydrogen-bond donors (Lipinski definition) is 2. The molecule has 0 saturated heterocycles. The predicted octanol–water partition coefficient (Wildman–Crippen LogP) is -0.429. The topological polar surface area (TPSA) is 57.5 Å². The molecular formula is CH3FeNaO3. The van der Waals surface area contributed by atoms with Crippen LogP contribution in [0.5, 0.6) is 0 Å². The first-order chi connectivity index (χ1) is 1.73. The van der Waals surface area contributed by atoms with Gasteiger partial charge in [-0.25, -0.2) is 4.79 Å². The summed E-state index contributed by atoms with van der Waals surface area (Å²) >= 11 is 0. The molecule has 0 radical (unpaired) electrons. The van der Waals surface area contributed by atoms with Crippen molar-refractivity contribution >= 4 is 35.7 Å². The third-order valence-corrected chi connectivity index (χ3v) is 0. The molecule has 0 aromatic rings. The van der Waals surface area contributed by atoms with E-state index < -0.39 is 6.16 Å². The van der Waals surface area contributed by atoms with Gasteiger partial charge in [0.05, 0.1) is 0 Å². The summed E-state index contributed by atoms with van der Waals surface area (Å²) in [6.07, 6.45) is -1.83. The zero-order valence-corrected chi connectivity index (χ0v) is 3.26. The molecular weight excluding hydrogens is 139 g/mol. The standard InChI is InChI=1S/CH2O3.Fe.Na.H/c2-1(3)4;;;/h(H2,2,3,4);;;. The van der Waals surface area contributed by atoms with Gasteiger partial charge in [0.2, 0.25) is 0 Å². The molecule has 2 N–H and O–H groups in total. The van der Waals surface area contributed by atoms with Crippen LogP contribution in [0.4, 0.5) is 4.79 Å². The van der Waals surface area contributed by atoms with E-state index in [0.29, 0.717) is 0 Å². The third-order valence-electron chi connectivity index (χ3n) is 0. The average Bonchev–Trinajstić information content (AvgIpc) is 0.811. The van der Waals surface area contributed by atoms with Crippen LogP contribution in [-0.4, -0.2) is 45.9 Å². The van der Waals surface area contributed by atoms with Gasteiger partial charge in [0.15, 0.2) is 0 Å². The van der Waals surface area contributed by atoms with Gasteiger partial charge >= 0.3 is 35.7 Å². The van der Waals surface area contributed by atoms with E-state index in [1.165, 1.54) is 0 Å². The van der Waals surface area contributed by atoms with Crippen molar-refractivity contribution in [3.63, 3.8) is 0 Å². The van der Waals surface area contributed by atoms with Gasteiger partial charge in [-0.1, -0.05) is 0 Å². The summed E-state index contributed by atoms with van der Waals surface area (Å²) in [4.78, 5) is 8.56. The van der Waals surface area contributed by atoms with Crippen molar-refractivity contribution in [2.45, 2.75) is 0 Å². The molecule has 0 rings (SSSR count). The second-order valence-corrected chi connectivity index (χ2v) is 0.283. The first-order valence-corrected chi connectivity index (χ1v) is 0.651. The normalized spacial score (nSPS) is 4.00. The molecule has 0 unspecified atom stereocenters. The molecule has 0 aromatic carbocycles. The summed E-state index contributed by atoms with van der Waals surface area (Å²) in [5.41, 5.74) is 0. The van der Waals surface area contributed by atoms with E-state index in [4.69, 9.17) is 15.0 Å². The number of carboxylic acid groups (broad SMARTS) is 2. The van der Waals surface area contributed by atoms with Gasteiger partial charge in [-0.2, -0.15) is 0 Å². The minimum absolute atomic E-state index is 0. The number of rotatable bonds is 0. The first-order valence-electron chi connectivity index (χ1n) is 0.651. The summed E-state index contributed by atoms with van der Waals surface area (Å²) in [7, 11) is 0. The van der Waals surface area contributed by atoms with E-state index in [0.717, 1.165) is 0 Å². The zero-order chi connectivity index (χ0) is 3.58. The van der Waals surface area contributed by atoms with Crippen molar-refractivity contribution in [3.8, 4) is 0 Å². The maximum absolute atomic E-state index is 8.56. The number of hydrogen-bond acceptors (Lipinski definition) is 1. The molecule has 6 heavy (non-hydrogen) atoms. The molecule has 3 nitrogen and oxygen atoms in total. The van der Waals surface area contributed by atoms with Gasteiger partial charge in [0.25, 0.3) is 0 Å². The Morgan fingerprint density at radius 3 is 1.33 bits per heavy atom. The van der Waals surface area contributed by atoms with Crippen molar-refractivity contribution < 1.29 is 32.1 Å². The van der Waals surface area contributed by atoms with Crippen LogP contribution in [-0.2, 0) is 17.1 Å². The van der Waals surface area contributed by atoms with Crippen molar-refractivity contribution in [2.24, 2.45) is 0 Å². The van der Waals surface area contributed by atoms with E-state index in [2.05, 4.69) is 0 Å². The molecule has 0 amide bonds. The van der Waals surface area contributed by atoms with Crippen LogP contribution in [0.25, 0.3) is 0 Å². The average molecular weight is 142 g/mol. The van der Waals surface area contributed by atoms with Crippen LogP contribution >= 0.6 is 0 Å². The van der Waals surface area contributed by atoms with E-state index >= 15 is 0 Å². The summed E-state index contributed by atoms with van der Waals surface area (Å²) in [5.74, 6) is 0. The van der Waals surface area contributed by atoms with E-state index in [1.54, 1.807) is 0 Å². The van der Waals surface area contributed by atoms with Gasteiger partial charge in [0, 0.05) is 17.1 Å². The molecule has 0 aliphatic heterocycles. The monoisotopic (exact) mass is 142 g/mol. The van der Waals surface area contributed by atoms with Gasteiger partial charge < -0.3 is 10.2 Å². The SMILES string of the molecule is O=C(O)O.[Fe].[NaH]. The quantitative estimate of drug-likeness (QED) is 0.451. The Morgan fingerprint density at radius 2 is 1.33 bits per heavy atom.